The van der Waals surface area contributed by atoms with E-state index in [4.69, 9.17) is 4.74 Å². The number of ketones is 1. The first-order valence-corrected chi connectivity index (χ1v) is 6.64. The molecule has 3 nitrogen and oxygen atoms in total. The van der Waals surface area contributed by atoms with Crippen LogP contribution in [0.25, 0.3) is 6.08 Å². The molecule has 2 rings (SSSR count). The number of hydrogen-bond acceptors (Lipinski definition) is 3. The number of rotatable bonds is 2. The molecule has 0 spiro atoms. The summed E-state index contributed by atoms with van der Waals surface area (Å²) in [6.45, 7) is 6.13. The molecule has 0 aliphatic heterocycles. The van der Waals surface area contributed by atoms with Crippen molar-refractivity contribution in [2.75, 3.05) is 7.11 Å². The van der Waals surface area contributed by atoms with Crippen molar-refractivity contribution in [2.45, 2.75) is 27.2 Å². The van der Waals surface area contributed by atoms with Crippen LogP contribution in [0.15, 0.2) is 35.4 Å². The van der Waals surface area contributed by atoms with Gasteiger partial charge in [0.2, 0.25) is 0 Å². The van der Waals surface area contributed by atoms with Gasteiger partial charge in [-0.25, -0.2) is 0 Å². The van der Waals surface area contributed by atoms with Crippen LogP contribution in [0.2, 0.25) is 0 Å². The quantitative estimate of drug-likeness (QED) is 0.834. The van der Waals surface area contributed by atoms with Crippen LogP contribution in [0, 0.1) is 5.41 Å². The van der Waals surface area contributed by atoms with E-state index in [1.54, 1.807) is 24.3 Å². The van der Waals surface area contributed by atoms with Gasteiger partial charge in [-0.1, -0.05) is 25.5 Å². The molecule has 106 valence electrons. The molecular formula is C17H20O3. The van der Waals surface area contributed by atoms with Crippen LogP contribution in [0.1, 0.15) is 32.8 Å². The van der Waals surface area contributed by atoms with Gasteiger partial charge in [0.1, 0.15) is 0 Å². The number of ether oxygens (including phenoxy) is 1. The summed E-state index contributed by atoms with van der Waals surface area (Å²) in [5.74, 6) is 0.567. The predicted octanol–water partition coefficient (Wildman–Crippen LogP) is 3.73. The minimum absolute atomic E-state index is 0.0609. The fourth-order valence-electron chi connectivity index (χ4n) is 2.70. The average Bonchev–Trinajstić information content (AvgIpc) is 2.34. The van der Waals surface area contributed by atoms with E-state index in [-0.39, 0.29) is 16.9 Å². The van der Waals surface area contributed by atoms with Gasteiger partial charge in [-0.05, 0) is 48.6 Å². The van der Waals surface area contributed by atoms with E-state index in [1.807, 2.05) is 13.0 Å². The van der Waals surface area contributed by atoms with Gasteiger partial charge in [0.15, 0.2) is 17.3 Å². The predicted molar refractivity (Wildman–Crippen MR) is 79.8 cm³/mol. The highest BCUT2D eigenvalue weighted by Gasteiger charge is 2.31. The molecule has 0 saturated carbocycles. The Morgan fingerprint density at radius 2 is 2.05 bits per heavy atom. The lowest BCUT2D eigenvalue weighted by Gasteiger charge is -2.31. The van der Waals surface area contributed by atoms with Gasteiger partial charge in [-0.3, -0.25) is 4.79 Å². The first kappa shape index (κ1) is 14.4. The number of allylic oxidation sites excluding steroid dienone is 3. The molecule has 1 aliphatic carbocycles. The van der Waals surface area contributed by atoms with Crippen LogP contribution in [-0.4, -0.2) is 18.0 Å². The van der Waals surface area contributed by atoms with Crippen LogP contribution in [-0.2, 0) is 4.79 Å². The lowest BCUT2D eigenvalue weighted by atomic mass is 9.72. The van der Waals surface area contributed by atoms with Crippen LogP contribution >= 0.6 is 0 Å². The van der Waals surface area contributed by atoms with Gasteiger partial charge >= 0.3 is 0 Å². The zero-order valence-corrected chi connectivity index (χ0v) is 12.4. The van der Waals surface area contributed by atoms with Crippen molar-refractivity contribution in [1.29, 1.82) is 0 Å². The number of methoxy groups -OCH3 is 1. The van der Waals surface area contributed by atoms with Crippen molar-refractivity contribution in [1.82, 2.24) is 0 Å². The summed E-state index contributed by atoms with van der Waals surface area (Å²) in [7, 11) is 1.51. The van der Waals surface area contributed by atoms with E-state index in [2.05, 4.69) is 13.8 Å². The Kier molecular flexibility index (Phi) is 3.71. The number of benzene rings is 1. The maximum atomic E-state index is 12.2. The van der Waals surface area contributed by atoms with Crippen LogP contribution in [0.5, 0.6) is 11.5 Å². The molecule has 3 heteroatoms. The summed E-state index contributed by atoms with van der Waals surface area (Å²) in [6, 6.07) is 5.09. The van der Waals surface area contributed by atoms with Crippen molar-refractivity contribution in [2.24, 2.45) is 5.41 Å². The number of phenols is 1. The van der Waals surface area contributed by atoms with Gasteiger partial charge in [0.25, 0.3) is 0 Å². The van der Waals surface area contributed by atoms with Gasteiger partial charge in [-0.15, -0.1) is 0 Å². The van der Waals surface area contributed by atoms with E-state index < -0.39 is 0 Å². The smallest absolute Gasteiger partial charge is 0.182 e. The summed E-state index contributed by atoms with van der Waals surface area (Å²) >= 11 is 0. The third-order valence-corrected chi connectivity index (χ3v) is 3.61. The molecule has 1 aromatic carbocycles. The molecule has 20 heavy (non-hydrogen) atoms. The number of aromatic hydroxyl groups is 1. The second kappa shape index (κ2) is 5.16. The highest BCUT2D eigenvalue weighted by Crippen LogP contribution is 2.39. The van der Waals surface area contributed by atoms with Crippen molar-refractivity contribution >= 4 is 11.9 Å². The lowest BCUT2D eigenvalue weighted by Crippen LogP contribution is -2.25. The standard InChI is InChI=1S/C17H20O3/c1-11-7-15(19)13(17(2,3)10-11)8-12-5-6-14(18)16(9-12)20-4/h5-9,18H,10H2,1-4H3. The van der Waals surface area contributed by atoms with Crippen molar-refractivity contribution < 1.29 is 14.6 Å². The van der Waals surface area contributed by atoms with Crippen molar-refractivity contribution in [3.63, 3.8) is 0 Å². The molecule has 0 radical (unpaired) electrons. The molecule has 1 N–H and O–H groups in total. The van der Waals surface area contributed by atoms with Gasteiger partial charge in [-0.2, -0.15) is 0 Å². The SMILES string of the molecule is COc1cc(C=C2C(=O)C=C(C)CC2(C)C)ccc1O. The van der Waals surface area contributed by atoms with E-state index in [0.29, 0.717) is 5.75 Å². The molecule has 0 saturated heterocycles. The second-order valence-electron chi connectivity index (χ2n) is 5.90. The average molecular weight is 272 g/mol. The Morgan fingerprint density at radius 1 is 1.35 bits per heavy atom. The molecule has 0 atom stereocenters. The minimum Gasteiger partial charge on any atom is -0.504 e. The Bertz CT molecular complexity index is 607. The van der Waals surface area contributed by atoms with Crippen LogP contribution in [0.4, 0.5) is 0 Å². The molecule has 0 aromatic heterocycles. The Balaban J connectivity index is 2.46. The third-order valence-electron chi connectivity index (χ3n) is 3.61. The summed E-state index contributed by atoms with van der Waals surface area (Å²) in [5, 5.41) is 9.61. The van der Waals surface area contributed by atoms with E-state index in [9.17, 15) is 9.90 Å². The van der Waals surface area contributed by atoms with Crippen LogP contribution in [0.3, 0.4) is 0 Å². The zero-order valence-electron chi connectivity index (χ0n) is 12.4. The lowest BCUT2D eigenvalue weighted by molar-refractivity contribution is -0.112. The molecule has 1 aromatic rings. The minimum atomic E-state index is -0.180. The third kappa shape index (κ3) is 2.77. The zero-order chi connectivity index (χ0) is 14.9. The maximum Gasteiger partial charge on any atom is 0.182 e. The van der Waals surface area contributed by atoms with Gasteiger partial charge in [0.05, 0.1) is 7.11 Å². The number of phenolic OH excluding ortho intramolecular Hbond substituents is 1. The highest BCUT2D eigenvalue weighted by molar-refractivity contribution is 6.09. The first-order valence-electron chi connectivity index (χ1n) is 6.64. The van der Waals surface area contributed by atoms with Gasteiger partial charge in [0, 0.05) is 5.57 Å². The highest BCUT2D eigenvalue weighted by atomic mass is 16.5. The fourth-order valence-corrected chi connectivity index (χ4v) is 2.70. The summed E-state index contributed by atoms with van der Waals surface area (Å²) in [4.78, 5) is 12.2. The van der Waals surface area contributed by atoms with Crippen molar-refractivity contribution in [3.05, 3.63) is 41.0 Å². The summed E-state index contributed by atoms with van der Waals surface area (Å²) in [6.07, 6.45) is 4.46. The Hall–Kier alpha value is -2.03. The molecule has 0 heterocycles. The number of carbonyl (C=O) groups excluding carboxylic acids is 1. The Morgan fingerprint density at radius 3 is 2.65 bits per heavy atom. The fraction of sp³-hybridized carbons (Fsp3) is 0.353. The Labute approximate surface area is 119 Å². The summed E-state index contributed by atoms with van der Waals surface area (Å²) < 4.78 is 5.09. The molecule has 0 unspecified atom stereocenters. The second-order valence-corrected chi connectivity index (χ2v) is 5.90. The molecule has 0 bridgehead atoms. The largest absolute Gasteiger partial charge is 0.504 e. The van der Waals surface area contributed by atoms with E-state index >= 15 is 0 Å². The summed E-state index contributed by atoms with van der Waals surface area (Å²) in [5.41, 5.74) is 2.57. The number of carbonyl (C=O) groups is 1. The molecule has 0 fully saturated rings. The molecule has 1 aliphatic rings. The monoisotopic (exact) mass is 272 g/mol. The van der Waals surface area contributed by atoms with E-state index in [1.165, 1.54) is 7.11 Å². The molecule has 0 amide bonds. The number of hydrogen-bond donors (Lipinski definition) is 1. The first-order chi connectivity index (χ1) is 9.33. The van der Waals surface area contributed by atoms with Gasteiger partial charge < -0.3 is 9.84 Å². The van der Waals surface area contributed by atoms with E-state index in [0.717, 1.165) is 23.1 Å². The topological polar surface area (TPSA) is 46.5 Å². The normalized spacial score (nSPS) is 19.9. The van der Waals surface area contributed by atoms with Crippen molar-refractivity contribution in [3.8, 4) is 11.5 Å². The molecular weight excluding hydrogens is 252 g/mol. The van der Waals surface area contributed by atoms with Crippen LogP contribution < -0.4 is 4.74 Å². The maximum absolute atomic E-state index is 12.2.